The molecule has 0 bridgehead atoms. The second-order valence-corrected chi connectivity index (χ2v) is 3.19. The number of thioether (sulfide) groups is 1. The molecular formula is C7H6ClNO2S. The van der Waals surface area contributed by atoms with Crippen LogP contribution in [0.2, 0.25) is 5.02 Å². The Bertz CT molecular complexity index is 316. The summed E-state index contributed by atoms with van der Waals surface area (Å²) in [5.41, 5.74) is 0.0174. The summed E-state index contributed by atoms with van der Waals surface area (Å²) in [6, 6.07) is 2.91. The predicted octanol–water partition coefficient (Wildman–Crippen LogP) is 2.16. The summed E-state index contributed by atoms with van der Waals surface area (Å²) in [7, 11) is 0. The number of carboxylic acids is 1. The minimum atomic E-state index is -1.04. The minimum absolute atomic E-state index is 0.0174. The van der Waals surface area contributed by atoms with Crippen molar-refractivity contribution in [2.45, 2.75) is 5.03 Å². The largest absolute Gasteiger partial charge is 0.477 e. The average molecular weight is 204 g/mol. The lowest BCUT2D eigenvalue weighted by atomic mass is 10.4. The van der Waals surface area contributed by atoms with Gasteiger partial charge in [-0.3, -0.25) is 0 Å². The number of hydrogen-bond donors (Lipinski definition) is 1. The van der Waals surface area contributed by atoms with Gasteiger partial charge in [-0.1, -0.05) is 11.6 Å². The lowest BCUT2D eigenvalue weighted by Gasteiger charge is -1.99. The van der Waals surface area contributed by atoms with Gasteiger partial charge in [-0.15, -0.1) is 11.8 Å². The Labute approximate surface area is 78.8 Å². The van der Waals surface area contributed by atoms with Crippen LogP contribution in [0, 0.1) is 0 Å². The molecule has 0 saturated carbocycles. The molecule has 12 heavy (non-hydrogen) atoms. The fourth-order valence-corrected chi connectivity index (χ4v) is 1.48. The first-order valence-corrected chi connectivity index (χ1v) is 4.69. The van der Waals surface area contributed by atoms with Gasteiger partial charge >= 0.3 is 5.97 Å². The quantitative estimate of drug-likeness (QED) is 0.749. The standard InChI is InChI=1S/C7H6ClNO2S/c1-12-6-4(8)2-3-5(9-6)7(10)11/h2-3H,1H3,(H,10,11). The van der Waals surface area contributed by atoms with Crippen molar-refractivity contribution >= 4 is 29.3 Å². The Kier molecular flexibility index (Phi) is 2.94. The van der Waals surface area contributed by atoms with Crippen LogP contribution >= 0.6 is 23.4 Å². The van der Waals surface area contributed by atoms with Crippen LogP contribution in [0.5, 0.6) is 0 Å². The molecule has 1 aromatic rings. The van der Waals surface area contributed by atoms with Crippen molar-refractivity contribution in [3.63, 3.8) is 0 Å². The van der Waals surface area contributed by atoms with Gasteiger partial charge in [-0.2, -0.15) is 0 Å². The molecule has 1 N–H and O–H groups in total. The molecule has 0 spiro atoms. The summed E-state index contributed by atoms with van der Waals surface area (Å²) >= 11 is 7.05. The van der Waals surface area contributed by atoms with Gasteiger partial charge < -0.3 is 5.11 Å². The van der Waals surface area contributed by atoms with E-state index in [1.165, 1.54) is 23.9 Å². The number of hydrogen-bond acceptors (Lipinski definition) is 3. The normalized spacial score (nSPS) is 9.83. The second kappa shape index (κ2) is 3.78. The molecule has 0 saturated heterocycles. The third-order valence-electron chi connectivity index (χ3n) is 1.23. The highest BCUT2D eigenvalue weighted by Gasteiger charge is 2.07. The van der Waals surface area contributed by atoms with E-state index in [2.05, 4.69) is 4.98 Å². The molecule has 0 unspecified atom stereocenters. The second-order valence-electron chi connectivity index (χ2n) is 1.99. The zero-order valence-electron chi connectivity index (χ0n) is 6.24. The van der Waals surface area contributed by atoms with Gasteiger partial charge in [0.1, 0.15) is 10.7 Å². The van der Waals surface area contributed by atoms with E-state index < -0.39 is 5.97 Å². The highest BCUT2D eigenvalue weighted by atomic mass is 35.5. The lowest BCUT2D eigenvalue weighted by Crippen LogP contribution is -2.00. The van der Waals surface area contributed by atoms with E-state index >= 15 is 0 Å². The Morgan fingerprint density at radius 2 is 2.33 bits per heavy atom. The van der Waals surface area contributed by atoms with Crippen molar-refractivity contribution in [1.29, 1.82) is 0 Å². The van der Waals surface area contributed by atoms with Gasteiger partial charge in [0.25, 0.3) is 0 Å². The van der Waals surface area contributed by atoms with Gasteiger partial charge in [0, 0.05) is 0 Å². The van der Waals surface area contributed by atoms with Crippen molar-refractivity contribution < 1.29 is 9.90 Å². The molecule has 0 fully saturated rings. The van der Waals surface area contributed by atoms with Crippen LogP contribution in [0.1, 0.15) is 10.5 Å². The van der Waals surface area contributed by atoms with Crippen LogP contribution in [0.3, 0.4) is 0 Å². The first-order valence-electron chi connectivity index (χ1n) is 3.09. The number of aromatic carboxylic acids is 1. The maximum atomic E-state index is 10.5. The van der Waals surface area contributed by atoms with Crippen molar-refractivity contribution in [3.8, 4) is 0 Å². The van der Waals surface area contributed by atoms with Crippen LogP contribution in [0.15, 0.2) is 17.2 Å². The molecule has 0 radical (unpaired) electrons. The lowest BCUT2D eigenvalue weighted by molar-refractivity contribution is 0.0689. The zero-order valence-corrected chi connectivity index (χ0v) is 7.82. The summed E-state index contributed by atoms with van der Waals surface area (Å²) in [5, 5.41) is 9.60. The average Bonchev–Trinajstić information content (AvgIpc) is 2.05. The minimum Gasteiger partial charge on any atom is -0.477 e. The van der Waals surface area contributed by atoms with Gasteiger partial charge in [-0.25, -0.2) is 9.78 Å². The Morgan fingerprint density at radius 1 is 1.67 bits per heavy atom. The van der Waals surface area contributed by atoms with Crippen LogP contribution < -0.4 is 0 Å². The molecule has 3 nitrogen and oxygen atoms in total. The number of aromatic nitrogens is 1. The Hall–Kier alpha value is -0.740. The van der Waals surface area contributed by atoms with E-state index in [-0.39, 0.29) is 5.69 Å². The third-order valence-corrected chi connectivity index (χ3v) is 2.34. The van der Waals surface area contributed by atoms with Crippen LogP contribution in [-0.4, -0.2) is 22.3 Å². The fraction of sp³-hybridized carbons (Fsp3) is 0.143. The van der Waals surface area contributed by atoms with Crippen molar-refractivity contribution in [1.82, 2.24) is 4.98 Å². The van der Waals surface area contributed by atoms with Gasteiger partial charge in [0.15, 0.2) is 0 Å². The summed E-state index contributed by atoms with van der Waals surface area (Å²) in [5.74, 6) is -1.04. The number of carbonyl (C=O) groups is 1. The number of halogens is 1. The predicted molar refractivity (Wildman–Crippen MR) is 48.0 cm³/mol. The number of pyridine rings is 1. The molecule has 0 aliphatic heterocycles. The monoisotopic (exact) mass is 203 g/mol. The number of carboxylic acid groups (broad SMARTS) is 1. The van der Waals surface area contributed by atoms with Crippen molar-refractivity contribution in [3.05, 3.63) is 22.8 Å². The third kappa shape index (κ3) is 1.89. The van der Waals surface area contributed by atoms with Crippen molar-refractivity contribution in [2.24, 2.45) is 0 Å². The van der Waals surface area contributed by atoms with Crippen molar-refractivity contribution in [2.75, 3.05) is 6.26 Å². The Morgan fingerprint density at radius 3 is 2.83 bits per heavy atom. The summed E-state index contributed by atoms with van der Waals surface area (Å²) in [4.78, 5) is 14.3. The summed E-state index contributed by atoms with van der Waals surface area (Å²) in [6.07, 6.45) is 1.79. The molecule has 1 heterocycles. The van der Waals surface area contributed by atoms with Gasteiger partial charge in [0.05, 0.1) is 5.02 Å². The van der Waals surface area contributed by atoms with Crippen LogP contribution in [-0.2, 0) is 0 Å². The maximum Gasteiger partial charge on any atom is 0.354 e. The highest BCUT2D eigenvalue weighted by molar-refractivity contribution is 7.98. The molecular weight excluding hydrogens is 198 g/mol. The van der Waals surface area contributed by atoms with E-state index in [0.29, 0.717) is 10.0 Å². The summed E-state index contributed by atoms with van der Waals surface area (Å²) < 4.78 is 0. The fourth-order valence-electron chi connectivity index (χ4n) is 0.686. The molecule has 64 valence electrons. The Balaban J connectivity index is 3.13. The number of rotatable bonds is 2. The molecule has 0 aliphatic rings. The molecule has 0 aliphatic carbocycles. The SMILES string of the molecule is CSc1nc(C(=O)O)ccc1Cl. The molecule has 0 aromatic carbocycles. The smallest absolute Gasteiger partial charge is 0.354 e. The van der Waals surface area contributed by atoms with Crippen LogP contribution in [0.4, 0.5) is 0 Å². The van der Waals surface area contributed by atoms with Gasteiger partial charge in [0.2, 0.25) is 0 Å². The molecule has 0 atom stereocenters. The first-order chi connectivity index (χ1) is 5.65. The summed E-state index contributed by atoms with van der Waals surface area (Å²) in [6.45, 7) is 0. The topological polar surface area (TPSA) is 50.2 Å². The van der Waals surface area contributed by atoms with E-state index in [4.69, 9.17) is 16.7 Å². The molecule has 1 rings (SSSR count). The molecule has 1 aromatic heterocycles. The molecule has 5 heteroatoms. The van der Waals surface area contributed by atoms with E-state index in [0.717, 1.165) is 0 Å². The number of nitrogens with zero attached hydrogens (tertiary/aromatic N) is 1. The zero-order chi connectivity index (χ0) is 9.14. The molecule has 0 amide bonds. The van der Waals surface area contributed by atoms with E-state index in [1.54, 1.807) is 6.26 Å². The van der Waals surface area contributed by atoms with Crippen LogP contribution in [0.25, 0.3) is 0 Å². The van der Waals surface area contributed by atoms with Gasteiger partial charge in [-0.05, 0) is 18.4 Å². The highest BCUT2D eigenvalue weighted by Crippen LogP contribution is 2.22. The first kappa shape index (κ1) is 9.35. The van der Waals surface area contributed by atoms with E-state index in [9.17, 15) is 4.79 Å². The van der Waals surface area contributed by atoms with E-state index in [1.807, 2.05) is 0 Å². The maximum absolute atomic E-state index is 10.5.